The summed E-state index contributed by atoms with van der Waals surface area (Å²) in [5.74, 6) is 1.24. The Morgan fingerprint density at radius 1 is 0.929 bits per heavy atom. The summed E-state index contributed by atoms with van der Waals surface area (Å²) in [4.78, 5) is 28.6. The van der Waals surface area contributed by atoms with Gasteiger partial charge in [0, 0.05) is 31.7 Å². The van der Waals surface area contributed by atoms with E-state index in [2.05, 4.69) is 6.92 Å². The zero-order chi connectivity index (χ0) is 19.9. The molecular formula is C22H26N2O4. The first kappa shape index (κ1) is 19.7. The highest BCUT2D eigenvalue weighted by atomic mass is 16.5. The van der Waals surface area contributed by atoms with E-state index >= 15 is 0 Å². The molecular weight excluding hydrogens is 356 g/mol. The number of piperazine rings is 1. The van der Waals surface area contributed by atoms with Crippen LogP contribution in [0.4, 0.5) is 0 Å². The first-order valence-electron chi connectivity index (χ1n) is 9.53. The molecule has 2 aromatic carbocycles. The van der Waals surface area contributed by atoms with Crippen molar-refractivity contribution in [3.8, 4) is 11.5 Å². The Kier molecular flexibility index (Phi) is 6.53. The molecule has 0 atom stereocenters. The highest BCUT2D eigenvalue weighted by molar-refractivity contribution is 5.94. The second-order valence-corrected chi connectivity index (χ2v) is 6.69. The normalized spacial score (nSPS) is 13.9. The van der Waals surface area contributed by atoms with Crippen molar-refractivity contribution >= 4 is 11.8 Å². The Morgan fingerprint density at radius 3 is 2.25 bits per heavy atom. The summed E-state index contributed by atoms with van der Waals surface area (Å²) in [6, 6.07) is 14.9. The molecule has 1 heterocycles. The largest absolute Gasteiger partial charge is 0.497 e. The maximum atomic E-state index is 12.6. The molecule has 28 heavy (non-hydrogen) atoms. The number of hydrogen-bond donors (Lipinski definition) is 0. The van der Waals surface area contributed by atoms with Crippen molar-refractivity contribution in [2.75, 3.05) is 39.9 Å². The van der Waals surface area contributed by atoms with E-state index in [4.69, 9.17) is 9.47 Å². The number of rotatable bonds is 6. The van der Waals surface area contributed by atoms with E-state index in [0.29, 0.717) is 43.2 Å². The van der Waals surface area contributed by atoms with Crippen LogP contribution in [0.5, 0.6) is 11.5 Å². The number of amides is 2. The Morgan fingerprint density at radius 2 is 1.61 bits per heavy atom. The maximum Gasteiger partial charge on any atom is 0.260 e. The molecule has 0 aromatic heterocycles. The first-order valence-corrected chi connectivity index (χ1v) is 9.53. The molecule has 0 N–H and O–H groups in total. The van der Waals surface area contributed by atoms with Crippen molar-refractivity contribution in [1.82, 2.24) is 9.80 Å². The number of aryl methyl sites for hydroxylation is 1. The van der Waals surface area contributed by atoms with Gasteiger partial charge in [0.25, 0.3) is 11.8 Å². The average Bonchev–Trinajstić information content (AvgIpc) is 2.77. The average molecular weight is 382 g/mol. The van der Waals surface area contributed by atoms with Crippen LogP contribution in [0.15, 0.2) is 48.5 Å². The van der Waals surface area contributed by atoms with Crippen molar-refractivity contribution in [3.63, 3.8) is 0 Å². The predicted molar refractivity (Wildman–Crippen MR) is 107 cm³/mol. The van der Waals surface area contributed by atoms with Crippen molar-refractivity contribution in [2.24, 2.45) is 0 Å². The highest BCUT2D eigenvalue weighted by Crippen LogP contribution is 2.16. The van der Waals surface area contributed by atoms with Crippen LogP contribution in [-0.2, 0) is 11.2 Å². The zero-order valence-corrected chi connectivity index (χ0v) is 16.4. The summed E-state index contributed by atoms with van der Waals surface area (Å²) < 4.78 is 10.8. The van der Waals surface area contributed by atoms with Crippen LogP contribution in [0.2, 0.25) is 0 Å². The van der Waals surface area contributed by atoms with Gasteiger partial charge in [-0.3, -0.25) is 9.59 Å². The number of methoxy groups -OCH3 is 1. The molecule has 6 nitrogen and oxygen atoms in total. The first-order chi connectivity index (χ1) is 13.6. The van der Waals surface area contributed by atoms with Crippen LogP contribution >= 0.6 is 0 Å². The number of hydrogen-bond acceptors (Lipinski definition) is 4. The fraction of sp³-hybridized carbons (Fsp3) is 0.364. The van der Waals surface area contributed by atoms with E-state index in [-0.39, 0.29) is 18.4 Å². The lowest BCUT2D eigenvalue weighted by atomic mass is 10.1. The summed E-state index contributed by atoms with van der Waals surface area (Å²) in [5, 5.41) is 0. The number of carbonyl (C=O) groups excluding carboxylic acids is 2. The summed E-state index contributed by atoms with van der Waals surface area (Å²) in [6.45, 7) is 4.13. The lowest BCUT2D eigenvalue weighted by molar-refractivity contribution is -0.134. The van der Waals surface area contributed by atoms with Gasteiger partial charge in [0.05, 0.1) is 7.11 Å². The molecule has 0 radical (unpaired) electrons. The molecule has 0 unspecified atom stereocenters. The van der Waals surface area contributed by atoms with Crippen LogP contribution in [0.1, 0.15) is 22.8 Å². The molecule has 1 saturated heterocycles. The molecule has 2 aromatic rings. The van der Waals surface area contributed by atoms with Gasteiger partial charge in [-0.2, -0.15) is 0 Å². The number of carbonyl (C=O) groups is 2. The zero-order valence-electron chi connectivity index (χ0n) is 16.4. The summed E-state index contributed by atoms with van der Waals surface area (Å²) in [7, 11) is 1.58. The third-order valence-electron chi connectivity index (χ3n) is 4.93. The van der Waals surface area contributed by atoms with Gasteiger partial charge in [0.1, 0.15) is 11.5 Å². The fourth-order valence-corrected chi connectivity index (χ4v) is 3.16. The molecule has 0 spiro atoms. The van der Waals surface area contributed by atoms with Crippen LogP contribution < -0.4 is 9.47 Å². The SMILES string of the molecule is CCc1ccc(OCC(=O)N2CCN(C(=O)c3cccc(OC)c3)CC2)cc1. The topological polar surface area (TPSA) is 59.1 Å². The van der Waals surface area contributed by atoms with Crippen LogP contribution in [0.3, 0.4) is 0 Å². The monoisotopic (exact) mass is 382 g/mol. The molecule has 1 fully saturated rings. The quantitative estimate of drug-likeness (QED) is 0.771. The molecule has 0 bridgehead atoms. The smallest absolute Gasteiger partial charge is 0.260 e. The van der Waals surface area contributed by atoms with E-state index in [1.165, 1.54) is 5.56 Å². The minimum atomic E-state index is -0.0620. The second kappa shape index (κ2) is 9.26. The van der Waals surface area contributed by atoms with Crippen LogP contribution in [0.25, 0.3) is 0 Å². The molecule has 2 amide bonds. The van der Waals surface area contributed by atoms with Crippen LogP contribution in [0, 0.1) is 0 Å². The summed E-state index contributed by atoms with van der Waals surface area (Å²) in [5.41, 5.74) is 1.83. The molecule has 6 heteroatoms. The van der Waals surface area contributed by atoms with Gasteiger partial charge in [-0.15, -0.1) is 0 Å². The summed E-state index contributed by atoms with van der Waals surface area (Å²) >= 11 is 0. The second-order valence-electron chi connectivity index (χ2n) is 6.69. The van der Waals surface area contributed by atoms with Gasteiger partial charge in [0.15, 0.2) is 6.61 Å². The van der Waals surface area contributed by atoms with Crippen LogP contribution in [-0.4, -0.2) is 61.5 Å². The Labute approximate surface area is 165 Å². The van der Waals surface area contributed by atoms with E-state index in [1.807, 2.05) is 30.3 Å². The number of nitrogens with zero attached hydrogens (tertiary/aromatic N) is 2. The Balaban J connectivity index is 1.48. The molecule has 1 aliphatic heterocycles. The molecule has 148 valence electrons. The molecule has 0 aliphatic carbocycles. The van der Waals surface area contributed by atoms with Gasteiger partial charge in [-0.25, -0.2) is 0 Å². The third-order valence-corrected chi connectivity index (χ3v) is 4.93. The molecule has 0 saturated carbocycles. The molecule has 3 rings (SSSR count). The maximum absolute atomic E-state index is 12.6. The molecule has 1 aliphatic rings. The van der Waals surface area contributed by atoms with Gasteiger partial charge < -0.3 is 19.3 Å². The van der Waals surface area contributed by atoms with E-state index < -0.39 is 0 Å². The van der Waals surface area contributed by atoms with Crippen molar-refractivity contribution in [3.05, 3.63) is 59.7 Å². The van der Waals surface area contributed by atoms with E-state index in [9.17, 15) is 9.59 Å². The number of ether oxygens (including phenoxy) is 2. The number of benzene rings is 2. The standard InChI is InChI=1S/C22H26N2O4/c1-3-17-7-9-19(10-8-17)28-16-21(25)23-11-13-24(14-12-23)22(26)18-5-4-6-20(15-18)27-2/h4-10,15H,3,11-14,16H2,1-2H3. The predicted octanol–water partition coefficient (Wildman–Crippen LogP) is 2.62. The fourth-order valence-electron chi connectivity index (χ4n) is 3.16. The lowest BCUT2D eigenvalue weighted by Crippen LogP contribution is -2.51. The van der Waals surface area contributed by atoms with Gasteiger partial charge in [-0.05, 0) is 42.3 Å². The highest BCUT2D eigenvalue weighted by Gasteiger charge is 2.25. The van der Waals surface area contributed by atoms with E-state index in [0.717, 1.165) is 6.42 Å². The Hall–Kier alpha value is -3.02. The van der Waals surface area contributed by atoms with Gasteiger partial charge in [0.2, 0.25) is 0 Å². The Bertz CT molecular complexity index is 812. The minimum absolute atomic E-state index is 0.00923. The minimum Gasteiger partial charge on any atom is -0.497 e. The third kappa shape index (κ3) is 4.82. The summed E-state index contributed by atoms with van der Waals surface area (Å²) in [6.07, 6.45) is 0.970. The van der Waals surface area contributed by atoms with E-state index in [1.54, 1.807) is 35.1 Å². The van der Waals surface area contributed by atoms with Crippen molar-refractivity contribution in [2.45, 2.75) is 13.3 Å². The van der Waals surface area contributed by atoms with Gasteiger partial charge in [-0.1, -0.05) is 25.1 Å². The van der Waals surface area contributed by atoms with Gasteiger partial charge >= 0.3 is 0 Å². The van der Waals surface area contributed by atoms with Crippen molar-refractivity contribution in [1.29, 1.82) is 0 Å². The van der Waals surface area contributed by atoms with Crippen molar-refractivity contribution < 1.29 is 19.1 Å². The lowest BCUT2D eigenvalue weighted by Gasteiger charge is -2.34.